The third kappa shape index (κ3) is 2.81. The summed E-state index contributed by atoms with van der Waals surface area (Å²) in [5, 5.41) is 8.85. The van der Waals surface area contributed by atoms with Crippen LogP contribution < -0.4 is 0 Å². The quantitative estimate of drug-likeness (QED) is 0.921. The van der Waals surface area contributed by atoms with Crippen LogP contribution in [0.1, 0.15) is 18.3 Å². The van der Waals surface area contributed by atoms with Gasteiger partial charge in [-0.15, -0.1) is 0 Å². The van der Waals surface area contributed by atoms with Crippen molar-refractivity contribution in [1.29, 1.82) is 0 Å². The van der Waals surface area contributed by atoms with Crippen LogP contribution in [0.15, 0.2) is 30.6 Å². The maximum Gasteiger partial charge on any atom is 0.306 e. The van der Waals surface area contributed by atoms with Crippen molar-refractivity contribution >= 4 is 5.97 Å². The van der Waals surface area contributed by atoms with Crippen LogP contribution >= 0.6 is 0 Å². The van der Waals surface area contributed by atoms with Crippen molar-refractivity contribution in [1.82, 2.24) is 9.55 Å². The summed E-state index contributed by atoms with van der Waals surface area (Å²) in [4.78, 5) is 14.8. The maximum atomic E-state index is 14.0. The molecule has 1 heterocycles. The van der Waals surface area contributed by atoms with Gasteiger partial charge in [0.25, 0.3) is 0 Å². The molecule has 1 unspecified atom stereocenters. The minimum absolute atomic E-state index is 0.315. The fourth-order valence-corrected chi connectivity index (χ4v) is 1.95. The molecule has 0 spiro atoms. The molecular weight excluding hydrogens is 247 g/mol. The second-order valence-electron chi connectivity index (χ2n) is 4.57. The van der Waals surface area contributed by atoms with Crippen LogP contribution in [0.25, 0.3) is 5.69 Å². The van der Waals surface area contributed by atoms with E-state index in [9.17, 15) is 9.18 Å². The van der Waals surface area contributed by atoms with E-state index >= 15 is 0 Å². The number of benzene rings is 1. The van der Waals surface area contributed by atoms with Crippen LogP contribution in [0.3, 0.4) is 0 Å². The largest absolute Gasteiger partial charge is 0.481 e. The van der Waals surface area contributed by atoms with Crippen molar-refractivity contribution < 1.29 is 14.3 Å². The number of rotatable bonds is 4. The Bertz CT molecular complexity index is 607. The number of aliphatic carboxylic acids is 1. The molecule has 100 valence electrons. The van der Waals surface area contributed by atoms with Gasteiger partial charge in [0.1, 0.15) is 11.6 Å². The summed E-state index contributed by atoms with van der Waals surface area (Å²) in [6, 6.07) is 4.78. The van der Waals surface area contributed by atoms with E-state index in [4.69, 9.17) is 5.11 Å². The molecular formula is C14H15FN2O2. The maximum absolute atomic E-state index is 14.0. The van der Waals surface area contributed by atoms with E-state index in [-0.39, 0.29) is 5.82 Å². The highest BCUT2D eigenvalue weighted by Gasteiger charge is 2.13. The molecule has 0 aliphatic carbocycles. The van der Waals surface area contributed by atoms with E-state index in [1.54, 1.807) is 42.9 Å². The van der Waals surface area contributed by atoms with Gasteiger partial charge in [-0.1, -0.05) is 13.0 Å². The molecule has 1 aromatic heterocycles. The third-order valence-electron chi connectivity index (χ3n) is 3.06. The van der Waals surface area contributed by atoms with Crippen molar-refractivity contribution in [2.75, 3.05) is 0 Å². The Hall–Kier alpha value is -2.17. The number of aryl methyl sites for hydroxylation is 1. The summed E-state index contributed by atoms with van der Waals surface area (Å²) >= 11 is 0. The second kappa shape index (κ2) is 5.22. The zero-order valence-electron chi connectivity index (χ0n) is 10.8. The average molecular weight is 262 g/mol. The van der Waals surface area contributed by atoms with Gasteiger partial charge in [-0.05, 0) is 31.0 Å². The van der Waals surface area contributed by atoms with Crippen molar-refractivity contribution in [3.8, 4) is 5.69 Å². The molecule has 0 aliphatic rings. The molecule has 0 saturated carbocycles. The molecule has 1 aromatic carbocycles. The molecule has 0 radical (unpaired) electrons. The molecule has 0 fully saturated rings. The molecule has 2 aromatic rings. The number of hydrogen-bond donors (Lipinski definition) is 1. The van der Waals surface area contributed by atoms with E-state index < -0.39 is 11.9 Å². The highest BCUT2D eigenvalue weighted by Crippen LogP contribution is 2.18. The summed E-state index contributed by atoms with van der Waals surface area (Å²) in [5.74, 6) is -1.09. The summed E-state index contributed by atoms with van der Waals surface area (Å²) in [7, 11) is 0. The first-order valence-electron chi connectivity index (χ1n) is 6.00. The van der Waals surface area contributed by atoms with Crippen LogP contribution in [0.2, 0.25) is 0 Å². The fraction of sp³-hybridized carbons (Fsp3) is 0.286. The van der Waals surface area contributed by atoms with Gasteiger partial charge in [-0.2, -0.15) is 0 Å². The van der Waals surface area contributed by atoms with Crippen molar-refractivity contribution in [3.63, 3.8) is 0 Å². The van der Waals surface area contributed by atoms with Gasteiger partial charge in [-0.25, -0.2) is 9.37 Å². The standard InChI is InChI=1S/C14H15FN2O2/c1-9(14(18)19)7-11-3-4-13(12(15)8-11)17-6-5-16-10(17)2/h3-6,8-9H,7H2,1-2H3,(H,18,19). The number of nitrogens with zero attached hydrogens (tertiary/aromatic N) is 2. The lowest BCUT2D eigenvalue weighted by Gasteiger charge is -2.10. The lowest BCUT2D eigenvalue weighted by molar-refractivity contribution is -0.141. The third-order valence-corrected chi connectivity index (χ3v) is 3.06. The first-order chi connectivity index (χ1) is 8.99. The SMILES string of the molecule is Cc1nccn1-c1ccc(CC(C)C(=O)O)cc1F. The van der Waals surface area contributed by atoms with Gasteiger partial charge < -0.3 is 9.67 Å². The van der Waals surface area contributed by atoms with Crippen LogP contribution in [0.5, 0.6) is 0 Å². The van der Waals surface area contributed by atoms with Crippen molar-refractivity contribution in [2.45, 2.75) is 20.3 Å². The molecule has 0 saturated heterocycles. The fourth-order valence-electron chi connectivity index (χ4n) is 1.95. The minimum atomic E-state index is -0.880. The van der Waals surface area contributed by atoms with Crippen LogP contribution in [-0.2, 0) is 11.2 Å². The van der Waals surface area contributed by atoms with E-state index in [0.29, 0.717) is 23.5 Å². The zero-order chi connectivity index (χ0) is 14.0. The van der Waals surface area contributed by atoms with Gasteiger partial charge >= 0.3 is 5.97 Å². The molecule has 2 rings (SSSR count). The number of imidazole rings is 1. The minimum Gasteiger partial charge on any atom is -0.481 e. The Morgan fingerprint density at radius 1 is 1.53 bits per heavy atom. The molecule has 1 atom stereocenters. The molecule has 0 amide bonds. The van der Waals surface area contributed by atoms with Gasteiger partial charge in [0.15, 0.2) is 0 Å². The summed E-state index contributed by atoms with van der Waals surface area (Å²) < 4.78 is 15.7. The Balaban J connectivity index is 2.28. The molecule has 1 N–H and O–H groups in total. The molecule has 0 aliphatic heterocycles. The highest BCUT2D eigenvalue weighted by atomic mass is 19.1. The van der Waals surface area contributed by atoms with Gasteiger partial charge in [0.2, 0.25) is 0 Å². The predicted molar refractivity (Wildman–Crippen MR) is 68.8 cm³/mol. The Kier molecular flexibility index (Phi) is 3.64. The van der Waals surface area contributed by atoms with E-state index in [1.807, 2.05) is 0 Å². The number of aromatic nitrogens is 2. The van der Waals surface area contributed by atoms with Crippen LogP contribution in [0, 0.1) is 18.7 Å². The van der Waals surface area contributed by atoms with E-state index in [2.05, 4.69) is 4.98 Å². The molecule has 19 heavy (non-hydrogen) atoms. The predicted octanol–water partition coefficient (Wildman–Crippen LogP) is 2.58. The smallest absolute Gasteiger partial charge is 0.306 e. The summed E-state index contributed by atoms with van der Waals surface area (Å²) in [6.07, 6.45) is 3.61. The normalized spacial score (nSPS) is 12.4. The summed E-state index contributed by atoms with van der Waals surface area (Å²) in [6.45, 7) is 3.40. The molecule has 5 heteroatoms. The van der Waals surface area contributed by atoms with Crippen molar-refractivity contribution in [3.05, 3.63) is 47.8 Å². The monoisotopic (exact) mass is 262 g/mol. The van der Waals surface area contributed by atoms with Crippen LogP contribution in [0.4, 0.5) is 4.39 Å². The highest BCUT2D eigenvalue weighted by molar-refractivity contribution is 5.69. The average Bonchev–Trinajstić information content (AvgIpc) is 2.75. The topological polar surface area (TPSA) is 55.1 Å². The molecule has 0 bridgehead atoms. The van der Waals surface area contributed by atoms with Crippen LogP contribution in [-0.4, -0.2) is 20.6 Å². The van der Waals surface area contributed by atoms with Gasteiger partial charge in [0, 0.05) is 12.4 Å². The Morgan fingerprint density at radius 2 is 2.26 bits per heavy atom. The number of carboxylic acids is 1. The van der Waals surface area contributed by atoms with E-state index in [1.165, 1.54) is 6.07 Å². The molecule has 4 nitrogen and oxygen atoms in total. The van der Waals surface area contributed by atoms with Crippen molar-refractivity contribution in [2.24, 2.45) is 5.92 Å². The lowest BCUT2D eigenvalue weighted by atomic mass is 10.0. The Morgan fingerprint density at radius 3 is 2.79 bits per heavy atom. The number of carboxylic acid groups (broad SMARTS) is 1. The Labute approximate surface area is 110 Å². The second-order valence-corrected chi connectivity index (χ2v) is 4.57. The lowest BCUT2D eigenvalue weighted by Crippen LogP contribution is -2.12. The first-order valence-corrected chi connectivity index (χ1v) is 6.00. The first kappa shape index (κ1) is 13.3. The number of carbonyl (C=O) groups is 1. The summed E-state index contributed by atoms with van der Waals surface area (Å²) in [5.41, 5.74) is 1.09. The number of hydrogen-bond acceptors (Lipinski definition) is 2. The van der Waals surface area contributed by atoms with E-state index in [0.717, 1.165) is 0 Å². The van der Waals surface area contributed by atoms with Gasteiger partial charge in [0.05, 0.1) is 11.6 Å². The number of halogens is 1. The van der Waals surface area contributed by atoms with Gasteiger partial charge in [-0.3, -0.25) is 4.79 Å². The zero-order valence-corrected chi connectivity index (χ0v) is 10.8.